The zero-order chi connectivity index (χ0) is 16.8. The molecule has 0 saturated carbocycles. The molecule has 0 aliphatic carbocycles. The molecule has 1 saturated heterocycles. The standard InChI is InChI=1S/C18H26N2O4/c1-2-20(12-18(21)19-10-14-6-5-9-22-14)11-15-13-23-16-7-3-4-8-17(16)24-15/h3-4,7-8,14-15H,2,5-6,9-13H2,1H3,(H,19,21). The van der Waals surface area contributed by atoms with Crippen LogP contribution < -0.4 is 14.8 Å². The molecule has 132 valence electrons. The second-order valence-corrected chi connectivity index (χ2v) is 6.26. The lowest BCUT2D eigenvalue weighted by Crippen LogP contribution is -2.45. The highest BCUT2D eigenvalue weighted by atomic mass is 16.6. The molecule has 24 heavy (non-hydrogen) atoms. The van der Waals surface area contributed by atoms with Gasteiger partial charge in [-0.2, -0.15) is 0 Å². The number of amides is 1. The van der Waals surface area contributed by atoms with Crippen LogP contribution in [-0.4, -0.2) is 62.4 Å². The maximum Gasteiger partial charge on any atom is 0.234 e. The van der Waals surface area contributed by atoms with E-state index in [1.54, 1.807) is 0 Å². The molecule has 2 unspecified atom stereocenters. The fourth-order valence-corrected chi connectivity index (χ4v) is 3.04. The van der Waals surface area contributed by atoms with Gasteiger partial charge in [0.05, 0.1) is 12.6 Å². The number of carbonyl (C=O) groups excluding carboxylic acids is 1. The molecular formula is C18H26N2O4. The molecule has 6 nitrogen and oxygen atoms in total. The number of ether oxygens (including phenoxy) is 3. The average molecular weight is 334 g/mol. The molecule has 2 aliphatic rings. The topological polar surface area (TPSA) is 60.0 Å². The highest BCUT2D eigenvalue weighted by Crippen LogP contribution is 2.30. The lowest BCUT2D eigenvalue weighted by molar-refractivity contribution is -0.123. The second kappa shape index (κ2) is 8.35. The maximum absolute atomic E-state index is 12.1. The van der Waals surface area contributed by atoms with Gasteiger partial charge in [-0.1, -0.05) is 19.1 Å². The Morgan fingerprint density at radius 3 is 2.88 bits per heavy atom. The van der Waals surface area contributed by atoms with Crippen LogP contribution in [0.15, 0.2) is 24.3 Å². The van der Waals surface area contributed by atoms with Crippen LogP contribution in [0.4, 0.5) is 0 Å². The van der Waals surface area contributed by atoms with Gasteiger partial charge in [-0.25, -0.2) is 0 Å². The summed E-state index contributed by atoms with van der Waals surface area (Å²) < 4.78 is 17.2. The van der Waals surface area contributed by atoms with Gasteiger partial charge in [-0.3, -0.25) is 9.69 Å². The third kappa shape index (κ3) is 4.61. The van der Waals surface area contributed by atoms with Crippen molar-refractivity contribution in [1.29, 1.82) is 0 Å². The van der Waals surface area contributed by atoms with Crippen molar-refractivity contribution in [3.63, 3.8) is 0 Å². The molecule has 6 heteroatoms. The Labute approximate surface area is 143 Å². The molecule has 2 heterocycles. The lowest BCUT2D eigenvalue weighted by atomic mass is 10.2. The van der Waals surface area contributed by atoms with E-state index in [1.807, 2.05) is 31.2 Å². The number of nitrogens with one attached hydrogen (secondary N) is 1. The Morgan fingerprint density at radius 2 is 2.12 bits per heavy atom. The van der Waals surface area contributed by atoms with Crippen LogP contribution in [0.25, 0.3) is 0 Å². The molecule has 1 N–H and O–H groups in total. The van der Waals surface area contributed by atoms with E-state index in [0.717, 1.165) is 37.5 Å². The number of benzene rings is 1. The van der Waals surface area contributed by atoms with Crippen LogP contribution in [0.2, 0.25) is 0 Å². The number of para-hydroxylation sites is 2. The second-order valence-electron chi connectivity index (χ2n) is 6.26. The smallest absolute Gasteiger partial charge is 0.234 e. The highest BCUT2D eigenvalue weighted by molar-refractivity contribution is 5.78. The van der Waals surface area contributed by atoms with Gasteiger partial charge in [-0.15, -0.1) is 0 Å². The third-order valence-electron chi connectivity index (χ3n) is 4.39. The van der Waals surface area contributed by atoms with Crippen LogP contribution in [-0.2, 0) is 9.53 Å². The van der Waals surface area contributed by atoms with Crippen LogP contribution in [0.3, 0.4) is 0 Å². The van der Waals surface area contributed by atoms with E-state index in [9.17, 15) is 4.79 Å². The summed E-state index contributed by atoms with van der Waals surface area (Å²) in [4.78, 5) is 14.2. The van der Waals surface area contributed by atoms with Gasteiger partial charge in [0.1, 0.15) is 12.7 Å². The number of rotatable bonds is 7. The van der Waals surface area contributed by atoms with Gasteiger partial charge in [0.25, 0.3) is 0 Å². The van der Waals surface area contributed by atoms with Gasteiger partial charge >= 0.3 is 0 Å². The minimum Gasteiger partial charge on any atom is -0.486 e. The first-order valence-electron chi connectivity index (χ1n) is 8.73. The third-order valence-corrected chi connectivity index (χ3v) is 4.39. The molecule has 1 aromatic carbocycles. The van der Waals surface area contributed by atoms with Crippen molar-refractivity contribution in [3.05, 3.63) is 24.3 Å². The summed E-state index contributed by atoms with van der Waals surface area (Å²) in [5.41, 5.74) is 0. The van der Waals surface area contributed by atoms with E-state index >= 15 is 0 Å². The zero-order valence-corrected chi connectivity index (χ0v) is 14.2. The van der Waals surface area contributed by atoms with Gasteiger partial charge < -0.3 is 19.5 Å². The number of hydrogen-bond donors (Lipinski definition) is 1. The monoisotopic (exact) mass is 334 g/mol. The van der Waals surface area contributed by atoms with Crippen LogP contribution in [0.5, 0.6) is 11.5 Å². The molecule has 0 spiro atoms. The average Bonchev–Trinajstić information content (AvgIpc) is 3.13. The minimum atomic E-state index is -0.0641. The fourth-order valence-electron chi connectivity index (χ4n) is 3.04. The normalized spacial score (nSPS) is 22.6. The Morgan fingerprint density at radius 1 is 1.29 bits per heavy atom. The summed E-state index contributed by atoms with van der Waals surface area (Å²) in [6.07, 6.45) is 2.23. The van der Waals surface area contributed by atoms with Crippen molar-refractivity contribution in [2.24, 2.45) is 0 Å². The summed E-state index contributed by atoms with van der Waals surface area (Å²) in [6, 6.07) is 7.67. The fraction of sp³-hybridized carbons (Fsp3) is 0.611. The van der Waals surface area contributed by atoms with Crippen molar-refractivity contribution in [1.82, 2.24) is 10.2 Å². The Hall–Kier alpha value is -1.79. The summed E-state index contributed by atoms with van der Waals surface area (Å²) >= 11 is 0. The molecule has 0 bridgehead atoms. The molecule has 1 fully saturated rings. The first kappa shape index (κ1) is 17.0. The van der Waals surface area contributed by atoms with Gasteiger partial charge in [0.2, 0.25) is 5.91 Å². The number of nitrogens with zero attached hydrogens (tertiary/aromatic N) is 1. The van der Waals surface area contributed by atoms with E-state index < -0.39 is 0 Å². The zero-order valence-electron chi connectivity index (χ0n) is 14.2. The molecule has 0 aromatic heterocycles. The summed E-state index contributed by atoms with van der Waals surface area (Å²) in [7, 11) is 0. The van der Waals surface area contributed by atoms with E-state index in [4.69, 9.17) is 14.2 Å². The summed E-state index contributed by atoms with van der Waals surface area (Å²) in [5, 5.41) is 2.96. The van der Waals surface area contributed by atoms with Crippen molar-refractivity contribution in [2.75, 3.05) is 39.4 Å². The van der Waals surface area contributed by atoms with E-state index in [1.165, 1.54) is 0 Å². The minimum absolute atomic E-state index is 0.0319. The number of fused-ring (bicyclic) bond motifs is 1. The van der Waals surface area contributed by atoms with Crippen molar-refractivity contribution in [2.45, 2.75) is 32.0 Å². The van der Waals surface area contributed by atoms with Crippen molar-refractivity contribution in [3.8, 4) is 11.5 Å². The first-order chi connectivity index (χ1) is 11.7. The predicted molar refractivity (Wildman–Crippen MR) is 90.5 cm³/mol. The number of carbonyl (C=O) groups is 1. The highest BCUT2D eigenvalue weighted by Gasteiger charge is 2.24. The molecule has 3 rings (SSSR count). The van der Waals surface area contributed by atoms with Crippen molar-refractivity contribution >= 4 is 5.91 Å². The Balaban J connectivity index is 1.43. The Kier molecular flexibility index (Phi) is 5.93. The van der Waals surface area contributed by atoms with Crippen LogP contribution in [0, 0.1) is 0 Å². The van der Waals surface area contributed by atoms with Gasteiger partial charge in [-0.05, 0) is 31.5 Å². The van der Waals surface area contributed by atoms with Crippen molar-refractivity contribution < 1.29 is 19.0 Å². The largest absolute Gasteiger partial charge is 0.486 e. The summed E-state index contributed by atoms with van der Waals surface area (Å²) in [6.45, 7) is 5.78. The number of hydrogen-bond acceptors (Lipinski definition) is 5. The molecular weight excluding hydrogens is 308 g/mol. The quantitative estimate of drug-likeness (QED) is 0.818. The van der Waals surface area contributed by atoms with Gasteiger partial charge in [0.15, 0.2) is 11.5 Å². The molecule has 0 radical (unpaired) electrons. The molecule has 2 aliphatic heterocycles. The number of likely N-dealkylation sites (N-methyl/N-ethyl adjacent to an activating group) is 1. The van der Waals surface area contributed by atoms with E-state index in [0.29, 0.717) is 26.2 Å². The maximum atomic E-state index is 12.1. The molecule has 1 aromatic rings. The first-order valence-corrected chi connectivity index (χ1v) is 8.73. The SMILES string of the molecule is CCN(CC(=O)NCC1CCCO1)CC1COc2ccccc2O1. The lowest BCUT2D eigenvalue weighted by Gasteiger charge is -2.30. The molecule has 1 amide bonds. The van der Waals surface area contributed by atoms with Crippen LogP contribution >= 0.6 is 0 Å². The predicted octanol–water partition coefficient (Wildman–Crippen LogP) is 1.44. The molecule has 2 atom stereocenters. The van der Waals surface area contributed by atoms with Crippen LogP contribution in [0.1, 0.15) is 19.8 Å². The van der Waals surface area contributed by atoms with Gasteiger partial charge in [0, 0.05) is 19.7 Å². The Bertz CT molecular complexity index is 546. The summed E-state index contributed by atoms with van der Waals surface area (Å²) in [5.74, 6) is 1.59. The van der Waals surface area contributed by atoms with E-state index in [2.05, 4.69) is 10.2 Å². The van der Waals surface area contributed by atoms with E-state index in [-0.39, 0.29) is 18.1 Å².